The molecule has 0 bridgehead atoms. The number of hydrogen-bond donors (Lipinski definition) is 0. The third kappa shape index (κ3) is 2.02. The van der Waals surface area contributed by atoms with Gasteiger partial charge in [0.1, 0.15) is 5.78 Å². The number of hydrogen-bond acceptors (Lipinski definition) is 2. The van der Waals surface area contributed by atoms with Crippen molar-refractivity contribution in [3.8, 4) is 0 Å². The number of carbonyl (C=O) groups is 1. The monoisotopic (exact) mass is 230 g/mol. The molecule has 1 heterocycles. The lowest BCUT2D eigenvalue weighted by Crippen LogP contribution is -2.23. The summed E-state index contributed by atoms with van der Waals surface area (Å²) in [7, 11) is 0. The van der Waals surface area contributed by atoms with Gasteiger partial charge >= 0.3 is 0 Å². The van der Waals surface area contributed by atoms with E-state index in [2.05, 4.69) is 24.3 Å². The van der Waals surface area contributed by atoms with E-state index in [1.165, 1.54) is 5.56 Å². The van der Waals surface area contributed by atoms with Crippen molar-refractivity contribution in [3.05, 3.63) is 35.9 Å². The third-order valence-electron chi connectivity index (χ3n) is 4.13. The standard InChI is InChI=1S/C15H18O2/c1-10-12(7-8-17-10)15(16)14-9-13(14)11-5-3-2-4-6-11/h2-6,10,12-14H,7-9H2,1H3. The van der Waals surface area contributed by atoms with Crippen molar-refractivity contribution >= 4 is 5.78 Å². The van der Waals surface area contributed by atoms with E-state index in [-0.39, 0.29) is 17.9 Å². The Balaban J connectivity index is 1.67. The minimum Gasteiger partial charge on any atom is -0.378 e. The maximum Gasteiger partial charge on any atom is 0.142 e. The van der Waals surface area contributed by atoms with Gasteiger partial charge in [0, 0.05) is 18.4 Å². The average molecular weight is 230 g/mol. The van der Waals surface area contributed by atoms with Crippen molar-refractivity contribution in [2.45, 2.75) is 31.8 Å². The summed E-state index contributed by atoms with van der Waals surface area (Å²) in [4.78, 5) is 12.3. The first-order valence-electron chi connectivity index (χ1n) is 6.47. The maximum atomic E-state index is 12.3. The number of rotatable bonds is 3. The fraction of sp³-hybridized carbons (Fsp3) is 0.533. The molecule has 17 heavy (non-hydrogen) atoms. The van der Waals surface area contributed by atoms with Crippen LogP contribution in [0.1, 0.15) is 31.2 Å². The zero-order valence-corrected chi connectivity index (χ0v) is 10.1. The predicted molar refractivity (Wildman–Crippen MR) is 65.8 cm³/mol. The highest BCUT2D eigenvalue weighted by atomic mass is 16.5. The van der Waals surface area contributed by atoms with Gasteiger partial charge in [-0.1, -0.05) is 30.3 Å². The van der Waals surface area contributed by atoms with Gasteiger partial charge in [0.25, 0.3) is 0 Å². The normalized spacial score (nSPS) is 35.8. The molecule has 1 saturated carbocycles. The van der Waals surface area contributed by atoms with Crippen LogP contribution in [0.25, 0.3) is 0 Å². The summed E-state index contributed by atoms with van der Waals surface area (Å²) >= 11 is 0. The molecule has 2 nitrogen and oxygen atoms in total. The Morgan fingerprint density at radius 3 is 2.65 bits per heavy atom. The van der Waals surface area contributed by atoms with Crippen LogP contribution in [-0.2, 0) is 9.53 Å². The van der Waals surface area contributed by atoms with E-state index >= 15 is 0 Å². The SMILES string of the molecule is CC1OCCC1C(=O)C1CC1c1ccccc1. The number of ketones is 1. The van der Waals surface area contributed by atoms with Crippen LogP contribution in [0, 0.1) is 11.8 Å². The molecule has 4 atom stereocenters. The minimum atomic E-state index is 0.125. The molecule has 0 radical (unpaired) electrons. The van der Waals surface area contributed by atoms with Crippen LogP contribution in [0.5, 0.6) is 0 Å². The van der Waals surface area contributed by atoms with Crippen molar-refractivity contribution in [3.63, 3.8) is 0 Å². The van der Waals surface area contributed by atoms with Gasteiger partial charge in [-0.25, -0.2) is 0 Å². The molecule has 1 aliphatic carbocycles. The lowest BCUT2D eigenvalue weighted by Gasteiger charge is -2.12. The number of carbonyl (C=O) groups excluding carboxylic acids is 1. The van der Waals surface area contributed by atoms with Crippen molar-refractivity contribution in [1.82, 2.24) is 0 Å². The van der Waals surface area contributed by atoms with E-state index in [0.29, 0.717) is 11.7 Å². The first-order chi connectivity index (χ1) is 8.27. The van der Waals surface area contributed by atoms with E-state index < -0.39 is 0 Å². The maximum absolute atomic E-state index is 12.3. The van der Waals surface area contributed by atoms with Gasteiger partial charge in [-0.2, -0.15) is 0 Å². The Kier molecular flexibility index (Phi) is 2.75. The Bertz CT molecular complexity index is 412. The first-order valence-corrected chi connectivity index (χ1v) is 6.47. The molecule has 2 fully saturated rings. The van der Waals surface area contributed by atoms with Gasteiger partial charge in [-0.05, 0) is 31.2 Å². The van der Waals surface area contributed by atoms with E-state index in [1.807, 2.05) is 13.0 Å². The lowest BCUT2D eigenvalue weighted by atomic mass is 9.93. The van der Waals surface area contributed by atoms with Crippen LogP contribution < -0.4 is 0 Å². The van der Waals surface area contributed by atoms with E-state index in [9.17, 15) is 4.79 Å². The predicted octanol–water partition coefficient (Wildman–Crippen LogP) is 2.78. The van der Waals surface area contributed by atoms with Crippen LogP contribution in [0.2, 0.25) is 0 Å². The average Bonchev–Trinajstić information content (AvgIpc) is 3.05. The molecular weight excluding hydrogens is 212 g/mol. The van der Waals surface area contributed by atoms with Gasteiger partial charge in [0.15, 0.2) is 0 Å². The van der Waals surface area contributed by atoms with E-state index in [4.69, 9.17) is 4.74 Å². The van der Waals surface area contributed by atoms with Gasteiger partial charge in [0.2, 0.25) is 0 Å². The quantitative estimate of drug-likeness (QED) is 0.798. The van der Waals surface area contributed by atoms with Gasteiger partial charge < -0.3 is 4.74 Å². The molecule has 1 saturated heterocycles. The fourth-order valence-corrected chi connectivity index (χ4v) is 2.96. The van der Waals surface area contributed by atoms with Crippen LogP contribution in [0.15, 0.2) is 30.3 Å². The van der Waals surface area contributed by atoms with Crippen LogP contribution >= 0.6 is 0 Å². The molecule has 3 rings (SSSR count). The Morgan fingerprint density at radius 1 is 1.24 bits per heavy atom. The summed E-state index contributed by atoms with van der Waals surface area (Å²) in [5, 5.41) is 0. The lowest BCUT2D eigenvalue weighted by molar-refractivity contribution is -0.125. The largest absolute Gasteiger partial charge is 0.378 e. The molecule has 1 aliphatic heterocycles. The Labute approximate surface area is 102 Å². The van der Waals surface area contributed by atoms with E-state index in [0.717, 1.165) is 19.4 Å². The molecular formula is C15H18O2. The number of Topliss-reactive ketones (excluding diaryl/α,β-unsaturated/α-hetero) is 1. The third-order valence-corrected chi connectivity index (χ3v) is 4.13. The smallest absolute Gasteiger partial charge is 0.142 e. The van der Waals surface area contributed by atoms with Crippen LogP contribution in [0.3, 0.4) is 0 Å². The van der Waals surface area contributed by atoms with Gasteiger partial charge in [0.05, 0.1) is 6.10 Å². The molecule has 0 spiro atoms. The summed E-state index contributed by atoms with van der Waals surface area (Å²) in [6.07, 6.45) is 2.07. The first kappa shape index (κ1) is 11.0. The second-order valence-electron chi connectivity index (χ2n) is 5.23. The highest BCUT2D eigenvalue weighted by Crippen LogP contribution is 2.50. The Morgan fingerprint density at radius 2 is 2.00 bits per heavy atom. The molecule has 90 valence electrons. The van der Waals surface area contributed by atoms with Crippen molar-refractivity contribution in [2.75, 3.05) is 6.61 Å². The topological polar surface area (TPSA) is 26.3 Å². The molecule has 0 N–H and O–H groups in total. The van der Waals surface area contributed by atoms with Crippen molar-refractivity contribution < 1.29 is 9.53 Å². The zero-order chi connectivity index (χ0) is 11.8. The molecule has 1 aromatic carbocycles. The highest BCUT2D eigenvalue weighted by molar-refractivity contribution is 5.87. The molecule has 1 aromatic rings. The van der Waals surface area contributed by atoms with Crippen LogP contribution in [0.4, 0.5) is 0 Å². The van der Waals surface area contributed by atoms with Crippen molar-refractivity contribution in [1.29, 1.82) is 0 Å². The van der Waals surface area contributed by atoms with Gasteiger partial charge in [-0.15, -0.1) is 0 Å². The summed E-state index contributed by atoms with van der Waals surface area (Å²) in [6.45, 7) is 2.77. The molecule has 0 aromatic heterocycles. The summed E-state index contributed by atoms with van der Waals surface area (Å²) in [6, 6.07) is 10.4. The highest BCUT2D eigenvalue weighted by Gasteiger charge is 2.47. The molecule has 4 unspecified atom stereocenters. The minimum absolute atomic E-state index is 0.125. The molecule has 2 heteroatoms. The van der Waals surface area contributed by atoms with E-state index in [1.54, 1.807) is 0 Å². The number of ether oxygens (including phenoxy) is 1. The fourth-order valence-electron chi connectivity index (χ4n) is 2.96. The zero-order valence-electron chi connectivity index (χ0n) is 10.1. The van der Waals surface area contributed by atoms with Crippen LogP contribution in [-0.4, -0.2) is 18.5 Å². The Hall–Kier alpha value is -1.15. The second-order valence-corrected chi connectivity index (χ2v) is 5.23. The summed E-state index contributed by atoms with van der Waals surface area (Å²) < 4.78 is 5.48. The summed E-state index contributed by atoms with van der Waals surface area (Å²) in [5.41, 5.74) is 1.32. The molecule has 2 aliphatic rings. The second kappa shape index (κ2) is 4.26. The van der Waals surface area contributed by atoms with Gasteiger partial charge in [-0.3, -0.25) is 4.79 Å². The number of benzene rings is 1. The van der Waals surface area contributed by atoms with Crippen molar-refractivity contribution in [2.24, 2.45) is 11.8 Å². The molecule has 0 amide bonds. The summed E-state index contributed by atoms with van der Waals surface area (Å²) in [5.74, 6) is 1.31.